The summed E-state index contributed by atoms with van der Waals surface area (Å²) in [5, 5.41) is 7.47. The van der Waals surface area contributed by atoms with Crippen LogP contribution in [0.25, 0.3) is 0 Å². The molecule has 6 nitrogen and oxygen atoms in total. The molecule has 0 aromatic carbocycles. The summed E-state index contributed by atoms with van der Waals surface area (Å²) >= 11 is 0. The second-order valence-corrected chi connectivity index (χ2v) is 4.53. The lowest BCUT2D eigenvalue weighted by molar-refractivity contribution is 0.558. The Hall–Kier alpha value is -2.11. The average molecular weight is 260 g/mol. The fourth-order valence-corrected chi connectivity index (χ4v) is 1.75. The van der Waals surface area contributed by atoms with E-state index in [-0.39, 0.29) is 6.04 Å². The van der Waals surface area contributed by atoms with E-state index in [9.17, 15) is 0 Å². The first-order valence-corrected chi connectivity index (χ1v) is 6.47. The van der Waals surface area contributed by atoms with Crippen molar-refractivity contribution in [3.05, 3.63) is 30.7 Å². The highest BCUT2D eigenvalue weighted by molar-refractivity contribution is 5.41. The summed E-state index contributed by atoms with van der Waals surface area (Å²) in [6.45, 7) is 5.88. The first-order chi connectivity index (χ1) is 9.19. The van der Waals surface area contributed by atoms with Crippen molar-refractivity contribution in [2.75, 3.05) is 23.8 Å². The summed E-state index contributed by atoms with van der Waals surface area (Å²) in [5.41, 5.74) is 0. The van der Waals surface area contributed by atoms with E-state index in [1.165, 1.54) is 0 Å². The Morgan fingerprint density at radius 2 is 2.26 bits per heavy atom. The quantitative estimate of drug-likeness (QED) is 0.855. The molecule has 19 heavy (non-hydrogen) atoms. The number of aromatic nitrogens is 4. The maximum atomic E-state index is 4.49. The summed E-state index contributed by atoms with van der Waals surface area (Å²) in [6, 6.07) is 4.04. The lowest BCUT2D eigenvalue weighted by Crippen LogP contribution is -2.24. The summed E-state index contributed by atoms with van der Waals surface area (Å²) in [5.74, 6) is 1.57. The molecule has 2 heterocycles. The largest absolute Gasteiger partial charge is 0.360 e. The van der Waals surface area contributed by atoms with Gasteiger partial charge < -0.3 is 10.2 Å². The Bertz CT molecular complexity index is 496. The van der Waals surface area contributed by atoms with Gasteiger partial charge >= 0.3 is 0 Å². The van der Waals surface area contributed by atoms with Crippen molar-refractivity contribution in [1.82, 2.24) is 19.7 Å². The molecule has 0 radical (unpaired) electrons. The van der Waals surface area contributed by atoms with Gasteiger partial charge in [-0.25, -0.2) is 4.98 Å². The maximum absolute atomic E-state index is 4.49. The molecule has 2 aromatic heterocycles. The first-order valence-electron chi connectivity index (χ1n) is 6.47. The molecule has 0 saturated heterocycles. The molecular formula is C13H20N6. The van der Waals surface area contributed by atoms with Crippen molar-refractivity contribution in [2.45, 2.75) is 26.4 Å². The molecule has 0 spiro atoms. The normalized spacial score (nSPS) is 12.2. The molecule has 0 amide bonds. The van der Waals surface area contributed by atoms with Gasteiger partial charge in [0.05, 0.1) is 6.54 Å². The van der Waals surface area contributed by atoms with Crippen molar-refractivity contribution >= 4 is 11.8 Å². The highest BCUT2D eigenvalue weighted by Crippen LogP contribution is 2.10. The summed E-state index contributed by atoms with van der Waals surface area (Å²) in [4.78, 5) is 10.8. The molecule has 2 aromatic rings. The van der Waals surface area contributed by atoms with E-state index in [2.05, 4.69) is 39.1 Å². The molecule has 0 saturated carbocycles. The topological polar surface area (TPSA) is 58.9 Å². The van der Waals surface area contributed by atoms with Crippen LogP contribution in [0.5, 0.6) is 0 Å². The van der Waals surface area contributed by atoms with E-state index >= 15 is 0 Å². The third-order valence-electron chi connectivity index (χ3n) is 2.90. The third kappa shape index (κ3) is 3.67. The molecule has 102 valence electrons. The molecule has 1 N–H and O–H groups in total. The van der Waals surface area contributed by atoms with Crippen molar-refractivity contribution in [3.63, 3.8) is 0 Å². The predicted molar refractivity (Wildman–Crippen MR) is 76.3 cm³/mol. The predicted octanol–water partition coefficient (Wildman–Crippen LogP) is 1.63. The minimum absolute atomic E-state index is 0.210. The Morgan fingerprint density at radius 3 is 2.95 bits per heavy atom. The minimum atomic E-state index is 0.210. The summed E-state index contributed by atoms with van der Waals surface area (Å²) < 4.78 is 1.89. The van der Waals surface area contributed by atoms with Crippen LogP contribution in [0.3, 0.4) is 0 Å². The lowest BCUT2D eigenvalue weighted by atomic mass is 10.3. The second kappa shape index (κ2) is 6.17. The Labute approximate surface area is 113 Å². The monoisotopic (exact) mass is 260 g/mol. The van der Waals surface area contributed by atoms with Gasteiger partial charge in [-0.05, 0) is 26.0 Å². The summed E-state index contributed by atoms with van der Waals surface area (Å²) in [7, 11) is 2.01. The van der Waals surface area contributed by atoms with Crippen LogP contribution in [0.4, 0.5) is 11.8 Å². The highest BCUT2D eigenvalue weighted by Gasteiger charge is 2.07. The standard InChI is InChI=1S/C13H20N6/c1-4-18(3)12-6-8-14-13(17-12)16-11(2)10-19-9-5-7-15-19/h5-9,11H,4,10H2,1-3H3,(H,14,16,17). The SMILES string of the molecule is CCN(C)c1ccnc(NC(C)Cn2cccn2)n1. The van der Waals surface area contributed by atoms with Crippen LogP contribution in [0.1, 0.15) is 13.8 Å². The molecule has 0 aliphatic carbocycles. The van der Waals surface area contributed by atoms with E-state index in [4.69, 9.17) is 0 Å². The van der Waals surface area contributed by atoms with Crippen LogP contribution in [0.2, 0.25) is 0 Å². The zero-order valence-corrected chi connectivity index (χ0v) is 11.6. The van der Waals surface area contributed by atoms with Gasteiger partial charge in [-0.3, -0.25) is 4.68 Å². The van der Waals surface area contributed by atoms with Gasteiger partial charge in [0.2, 0.25) is 5.95 Å². The molecule has 0 aliphatic rings. The van der Waals surface area contributed by atoms with E-state index in [1.807, 2.05) is 30.1 Å². The zero-order chi connectivity index (χ0) is 13.7. The number of hydrogen-bond acceptors (Lipinski definition) is 5. The third-order valence-corrected chi connectivity index (χ3v) is 2.90. The van der Waals surface area contributed by atoms with Crippen molar-refractivity contribution in [1.29, 1.82) is 0 Å². The van der Waals surface area contributed by atoms with Gasteiger partial charge in [0, 0.05) is 38.2 Å². The fraction of sp³-hybridized carbons (Fsp3) is 0.462. The smallest absolute Gasteiger partial charge is 0.224 e. The van der Waals surface area contributed by atoms with Gasteiger partial charge in [-0.2, -0.15) is 10.1 Å². The van der Waals surface area contributed by atoms with Crippen LogP contribution >= 0.6 is 0 Å². The van der Waals surface area contributed by atoms with E-state index < -0.39 is 0 Å². The van der Waals surface area contributed by atoms with E-state index in [1.54, 1.807) is 12.4 Å². The second-order valence-electron chi connectivity index (χ2n) is 4.53. The number of hydrogen-bond donors (Lipinski definition) is 1. The number of nitrogens with zero attached hydrogens (tertiary/aromatic N) is 5. The molecule has 0 aliphatic heterocycles. The number of nitrogens with one attached hydrogen (secondary N) is 1. The first kappa shape index (κ1) is 13.3. The van der Waals surface area contributed by atoms with Gasteiger partial charge in [-0.15, -0.1) is 0 Å². The molecule has 1 unspecified atom stereocenters. The fourth-order valence-electron chi connectivity index (χ4n) is 1.75. The Morgan fingerprint density at radius 1 is 1.42 bits per heavy atom. The number of rotatable bonds is 6. The molecular weight excluding hydrogens is 240 g/mol. The van der Waals surface area contributed by atoms with Crippen LogP contribution in [0.15, 0.2) is 30.7 Å². The lowest BCUT2D eigenvalue weighted by Gasteiger charge is -2.18. The van der Waals surface area contributed by atoms with Gasteiger partial charge in [0.15, 0.2) is 0 Å². The van der Waals surface area contributed by atoms with Crippen molar-refractivity contribution < 1.29 is 0 Å². The van der Waals surface area contributed by atoms with Gasteiger partial charge in [0.1, 0.15) is 5.82 Å². The molecule has 2 rings (SSSR count). The molecule has 6 heteroatoms. The number of anilines is 2. The van der Waals surface area contributed by atoms with E-state index in [0.29, 0.717) is 5.95 Å². The van der Waals surface area contributed by atoms with Crippen molar-refractivity contribution in [3.8, 4) is 0 Å². The Kier molecular flexibility index (Phi) is 4.33. The van der Waals surface area contributed by atoms with Crippen LogP contribution in [0, 0.1) is 0 Å². The maximum Gasteiger partial charge on any atom is 0.224 e. The molecule has 0 fully saturated rings. The zero-order valence-electron chi connectivity index (χ0n) is 11.6. The molecule has 1 atom stereocenters. The average Bonchev–Trinajstić information content (AvgIpc) is 2.90. The Balaban J connectivity index is 1.98. The van der Waals surface area contributed by atoms with Gasteiger partial charge in [-0.1, -0.05) is 0 Å². The molecule has 0 bridgehead atoms. The van der Waals surface area contributed by atoms with Crippen LogP contribution in [-0.4, -0.2) is 39.4 Å². The van der Waals surface area contributed by atoms with Crippen LogP contribution < -0.4 is 10.2 Å². The minimum Gasteiger partial charge on any atom is -0.360 e. The summed E-state index contributed by atoms with van der Waals surface area (Å²) in [6.07, 6.45) is 5.50. The van der Waals surface area contributed by atoms with E-state index in [0.717, 1.165) is 18.9 Å². The van der Waals surface area contributed by atoms with Gasteiger partial charge in [0.25, 0.3) is 0 Å². The van der Waals surface area contributed by atoms with Crippen molar-refractivity contribution in [2.24, 2.45) is 0 Å². The van der Waals surface area contributed by atoms with Crippen LogP contribution in [-0.2, 0) is 6.54 Å². The highest BCUT2D eigenvalue weighted by atomic mass is 15.3.